The number of nitrogens with zero attached hydrogens (tertiary/aromatic N) is 8. The first-order valence-corrected chi connectivity index (χ1v) is 41.6. The lowest BCUT2D eigenvalue weighted by Crippen LogP contribution is -1.94. The third kappa shape index (κ3) is 9.02. The van der Waals surface area contributed by atoms with Crippen LogP contribution in [0.3, 0.4) is 0 Å². The number of hydrogen-bond acceptors (Lipinski definition) is 0. The summed E-state index contributed by atoms with van der Waals surface area (Å²) in [7, 11) is 8.67. The minimum Gasteiger partial charge on any atom is -0.344 e. The molecule has 11 aromatic heterocycles. The fourth-order valence-electron chi connectivity index (χ4n) is 21.7. The summed E-state index contributed by atoms with van der Waals surface area (Å²) in [6.07, 6.45) is 0. The van der Waals surface area contributed by atoms with Gasteiger partial charge in [0, 0.05) is 197 Å². The fourth-order valence-corrected chi connectivity index (χ4v) is 21.7. The van der Waals surface area contributed by atoms with Gasteiger partial charge in [-0.15, -0.1) is 0 Å². The lowest BCUT2D eigenvalue weighted by atomic mass is 9.98. The number of benzene rings is 18. The predicted octanol–water partition coefficient (Wildman–Crippen LogP) is 29.2. The maximum absolute atomic E-state index is 2.49. The van der Waals surface area contributed by atoms with Crippen molar-refractivity contribution in [1.82, 2.24) is 36.0 Å². The summed E-state index contributed by atoms with van der Waals surface area (Å²) < 4.78 is 19.0. The van der Waals surface area contributed by atoms with Crippen LogP contribution >= 0.6 is 0 Å². The van der Waals surface area contributed by atoms with Crippen LogP contribution in [-0.4, -0.2) is 36.0 Å². The molecule has 0 amide bonds. The second-order valence-corrected chi connectivity index (χ2v) is 32.8. The first-order valence-electron chi connectivity index (χ1n) is 41.6. The van der Waals surface area contributed by atoms with E-state index in [0.717, 1.165) is 0 Å². The smallest absolute Gasteiger partial charge is 0.0621 e. The van der Waals surface area contributed by atoms with Gasteiger partial charge < -0.3 is 36.0 Å². The summed E-state index contributed by atoms with van der Waals surface area (Å²) in [5, 5.41) is 29.3. The van der Waals surface area contributed by atoms with Crippen LogP contribution < -0.4 is 0 Å². The first kappa shape index (κ1) is 66.6. The Morgan fingerprint density at radius 3 is 0.908 bits per heavy atom. The molecule has 0 saturated carbocycles. The second-order valence-electron chi connectivity index (χ2n) is 32.8. The number of para-hydroxylation sites is 10. The zero-order valence-electron chi connectivity index (χ0n) is 66.4. The third-order valence-corrected chi connectivity index (χ3v) is 26.9. The van der Waals surface area contributed by atoms with Gasteiger partial charge in [-0.05, 0) is 144 Å². The molecule has 0 aliphatic carbocycles. The predicted molar refractivity (Wildman–Crippen MR) is 511 cm³/mol. The molecule has 0 saturated heterocycles. The van der Waals surface area contributed by atoms with Crippen molar-refractivity contribution >= 4 is 223 Å². The Morgan fingerprint density at radius 2 is 0.433 bits per heavy atom. The van der Waals surface area contributed by atoms with Gasteiger partial charge in [-0.1, -0.05) is 255 Å². The minimum atomic E-state index is 1.20. The van der Waals surface area contributed by atoms with Gasteiger partial charge in [-0.25, -0.2) is 0 Å². The molecule has 0 fully saturated rings. The second kappa shape index (κ2) is 24.9. The first-order chi connectivity index (χ1) is 59.3. The Kier molecular flexibility index (Phi) is 13.8. The SMILES string of the molecule is Cn1c2ccccc2c2c3c4cc(-c5ccccc5)cc5c6ccccc6n(c3ccc21)c54.Cn1c2ccccc2c2c3c4cccc5c6ccc(-c7ccccc7)cc6n(c3ccc21)c54.Cn1c2ccccc2c2c3c4cccc5c6ccccc6n(c3ccc21)c54.Cn1c2ccccc2c2cc(-n3c4ccccc4c4ccccc43)ccc21. The molecule has 29 rings (SSSR count). The van der Waals surface area contributed by atoms with Crippen LogP contribution in [0.25, 0.3) is 251 Å². The fraction of sp³-hybridized carbons (Fsp3) is 0.0357. The van der Waals surface area contributed by atoms with Crippen LogP contribution in [0.5, 0.6) is 0 Å². The van der Waals surface area contributed by atoms with E-state index in [1.807, 2.05) is 0 Å². The molecule has 0 aliphatic heterocycles. The lowest BCUT2D eigenvalue weighted by molar-refractivity contribution is 1.01. The summed E-state index contributed by atoms with van der Waals surface area (Å²) in [5.74, 6) is 0. The highest BCUT2D eigenvalue weighted by Gasteiger charge is 2.27. The van der Waals surface area contributed by atoms with Crippen molar-refractivity contribution in [1.29, 1.82) is 0 Å². The zero-order chi connectivity index (χ0) is 79.0. The Labute approximate surface area is 687 Å². The normalized spacial score (nSPS) is 12.3. The van der Waals surface area contributed by atoms with Crippen molar-refractivity contribution in [3.8, 4) is 27.9 Å². The van der Waals surface area contributed by atoms with Crippen LogP contribution in [0, 0.1) is 0 Å². The molecule has 0 radical (unpaired) electrons. The van der Waals surface area contributed by atoms with Gasteiger partial charge in [0.15, 0.2) is 0 Å². The Hall–Kier alpha value is -15.6. The van der Waals surface area contributed by atoms with Gasteiger partial charge in [0.2, 0.25) is 0 Å². The quantitative estimate of drug-likeness (QED) is 0.169. The van der Waals surface area contributed by atoms with Gasteiger partial charge in [-0.3, -0.25) is 0 Å². The molecule has 18 aromatic carbocycles. The van der Waals surface area contributed by atoms with Crippen molar-refractivity contribution in [2.45, 2.75) is 0 Å². The number of hydrogen-bond donors (Lipinski definition) is 0. The van der Waals surface area contributed by atoms with Gasteiger partial charge in [0.25, 0.3) is 0 Å². The van der Waals surface area contributed by atoms with E-state index in [-0.39, 0.29) is 0 Å². The third-order valence-electron chi connectivity index (χ3n) is 26.9. The monoisotopic (exact) mass is 1530 g/mol. The highest BCUT2D eigenvalue weighted by molar-refractivity contribution is 6.36. The molecule has 0 unspecified atom stereocenters. The molecule has 120 heavy (non-hydrogen) atoms. The number of fused-ring (bicyclic) bond motifs is 36. The zero-order valence-corrected chi connectivity index (χ0v) is 66.4. The van der Waals surface area contributed by atoms with Crippen LogP contribution in [0.1, 0.15) is 0 Å². The summed E-state index contributed by atoms with van der Waals surface area (Å²) >= 11 is 0. The van der Waals surface area contributed by atoms with E-state index in [1.165, 1.54) is 251 Å². The van der Waals surface area contributed by atoms with Crippen molar-refractivity contribution in [2.75, 3.05) is 0 Å². The topological polar surface area (TPSA) is 37.9 Å². The maximum atomic E-state index is 2.49. The van der Waals surface area contributed by atoms with E-state index in [9.17, 15) is 0 Å². The van der Waals surface area contributed by atoms with Crippen LogP contribution in [-0.2, 0) is 28.2 Å². The largest absolute Gasteiger partial charge is 0.344 e. The average molecular weight is 1530 g/mol. The molecule has 0 spiro atoms. The van der Waals surface area contributed by atoms with E-state index in [4.69, 9.17) is 0 Å². The van der Waals surface area contributed by atoms with Crippen molar-refractivity contribution in [2.24, 2.45) is 28.2 Å². The summed E-state index contributed by atoms with van der Waals surface area (Å²) in [6, 6.07) is 137. The molecule has 29 aromatic rings. The molecule has 0 N–H and O–H groups in total. The van der Waals surface area contributed by atoms with Crippen molar-refractivity contribution in [3.05, 3.63) is 376 Å². The maximum Gasteiger partial charge on any atom is 0.0621 e. The summed E-state index contributed by atoms with van der Waals surface area (Å²) in [6.45, 7) is 0. The van der Waals surface area contributed by atoms with Crippen LogP contribution in [0.15, 0.2) is 376 Å². The molecule has 8 nitrogen and oxygen atoms in total. The van der Waals surface area contributed by atoms with Gasteiger partial charge in [0.05, 0.1) is 60.7 Å². The highest BCUT2D eigenvalue weighted by Crippen LogP contribution is 2.50. The Bertz CT molecular complexity index is 9290. The minimum absolute atomic E-state index is 1.20. The van der Waals surface area contributed by atoms with Crippen molar-refractivity contribution in [3.63, 3.8) is 0 Å². The lowest BCUT2D eigenvalue weighted by Gasteiger charge is -2.08. The van der Waals surface area contributed by atoms with Crippen molar-refractivity contribution < 1.29 is 0 Å². The van der Waals surface area contributed by atoms with Crippen LogP contribution in [0.2, 0.25) is 0 Å². The standard InChI is InChI=1S/2C31H20N2.C25H16N2.C25H18N2/c1-32-25-13-7-6-12-22(25)29-27(32)15-16-28-30(29)24-18-20(19-9-3-2-4-10-19)17-23-21-11-5-8-14-26(21)33(28)31(23)24;1-32-25-13-6-5-10-23(25)29-26(32)16-17-27-30(29)24-12-7-11-22-21-15-14-20(19-8-3-2-4-9-19)18-28(21)33(27)31(22)24;1-26-19-11-4-3-8-17(19)23-21(26)13-14-22-24(23)18-10-6-9-16-15-7-2-5-12-20(15)27(22)25(16)18;1-26-22-11-5-2-10-20(22)21-16-17(14-15-23(21)26)27-24-12-6-3-8-18(24)19-9-4-7-13-25(19)27/h2*2-18H,1H3;2-14H,1H3;2-16H,1H3. The van der Waals surface area contributed by atoms with E-state index in [1.54, 1.807) is 0 Å². The number of aromatic nitrogens is 8. The molecule has 562 valence electrons. The van der Waals surface area contributed by atoms with E-state index >= 15 is 0 Å². The average Bonchev–Trinajstić information content (AvgIpc) is 1.48. The van der Waals surface area contributed by atoms with Crippen LogP contribution in [0.4, 0.5) is 0 Å². The summed E-state index contributed by atoms with van der Waals surface area (Å²) in [5.41, 5.74) is 30.7. The van der Waals surface area contributed by atoms with E-state index in [0.29, 0.717) is 0 Å². The molecule has 11 heterocycles. The van der Waals surface area contributed by atoms with E-state index < -0.39 is 0 Å². The molecular formula is C112H74N8. The molecule has 0 atom stereocenters. The number of rotatable bonds is 3. The molecular weight excluding hydrogens is 1460 g/mol. The number of aryl methyl sites for hydroxylation is 4. The van der Waals surface area contributed by atoms with Gasteiger partial charge >= 0.3 is 0 Å². The van der Waals surface area contributed by atoms with Gasteiger partial charge in [0.1, 0.15) is 0 Å². The summed E-state index contributed by atoms with van der Waals surface area (Å²) in [4.78, 5) is 0. The Morgan fingerprint density at radius 1 is 0.142 bits per heavy atom. The molecule has 0 bridgehead atoms. The molecule has 8 heteroatoms. The highest BCUT2D eigenvalue weighted by atomic mass is 15.0. The van der Waals surface area contributed by atoms with E-state index in [2.05, 4.69) is 440 Å². The molecule has 0 aliphatic rings. The van der Waals surface area contributed by atoms with Gasteiger partial charge in [-0.2, -0.15) is 0 Å². The Balaban J connectivity index is 0.0000000869.